The molecule has 1 saturated carbocycles. The van der Waals surface area contributed by atoms with E-state index in [-0.39, 0.29) is 12.3 Å². The Morgan fingerprint density at radius 3 is 2.83 bits per heavy atom. The number of hydrogen-bond acceptors (Lipinski definition) is 3. The van der Waals surface area contributed by atoms with Crippen LogP contribution in [0.4, 0.5) is 5.69 Å². The Hall–Kier alpha value is -1.71. The maximum atomic E-state index is 10.7. The molecular weight excluding hydrogens is 228 g/mol. The molecule has 1 fully saturated rings. The van der Waals surface area contributed by atoms with Crippen LogP contribution in [0.15, 0.2) is 24.3 Å². The number of nitrogens with one attached hydrogen (secondary N) is 1. The summed E-state index contributed by atoms with van der Waals surface area (Å²) >= 11 is 0. The molecule has 0 heterocycles. The molecule has 0 atom stereocenters. The summed E-state index contributed by atoms with van der Waals surface area (Å²) in [5.41, 5.74) is 6.09. The molecule has 1 aromatic carbocycles. The zero-order chi connectivity index (χ0) is 13.0. The van der Waals surface area contributed by atoms with Gasteiger partial charge in [0.15, 0.2) is 0 Å². The third kappa shape index (κ3) is 3.39. The van der Waals surface area contributed by atoms with Crippen LogP contribution in [-0.2, 0) is 4.79 Å². The molecule has 0 bridgehead atoms. The van der Waals surface area contributed by atoms with Crippen LogP contribution in [0.2, 0.25) is 0 Å². The third-order valence-corrected chi connectivity index (χ3v) is 3.23. The van der Waals surface area contributed by atoms with E-state index >= 15 is 0 Å². The van der Waals surface area contributed by atoms with Gasteiger partial charge >= 0.3 is 0 Å². The van der Waals surface area contributed by atoms with E-state index < -0.39 is 0 Å². The van der Waals surface area contributed by atoms with E-state index in [1.807, 2.05) is 24.3 Å². The molecule has 4 heteroatoms. The average Bonchev–Trinajstić information content (AvgIpc) is 2.29. The Kier molecular flexibility index (Phi) is 4.07. The van der Waals surface area contributed by atoms with Gasteiger partial charge in [-0.15, -0.1) is 0 Å². The monoisotopic (exact) mass is 248 g/mol. The lowest BCUT2D eigenvalue weighted by molar-refractivity contribution is -0.118. The van der Waals surface area contributed by atoms with Gasteiger partial charge in [0.05, 0.1) is 18.7 Å². The standard InChI is InChI=1S/C14H20N2O2/c1-10-8-11(9-10)16-12-4-2-3-5-13(12)18-7-6-14(15)17/h2-5,10-11,16H,6-9H2,1H3,(H2,15,17). The molecule has 0 aliphatic heterocycles. The normalized spacial score (nSPS) is 22.1. The molecule has 3 N–H and O–H groups in total. The molecule has 0 spiro atoms. The fourth-order valence-corrected chi connectivity index (χ4v) is 2.21. The minimum Gasteiger partial charge on any atom is -0.491 e. The van der Waals surface area contributed by atoms with Gasteiger partial charge < -0.3 is 15.8 Å². The molecule has 0 radical (unpaired) electrons. The molecule has 0 aromatic heterocycles. The fourth-order valence-electron chi connectivity index (χ4n) is 2.21. The summed E-state index contributed by atoms with van der Waals surface area (Å²) in [5.74, 6) is 1.26. The SMILES string of the molecule is CC1CC(Nc2ccccc2OCCC(N)=O)C1. The van der Waals surface area contributed by atoms with Crippen LogP contribution in [-0.4, -0.2) is 18.6 Å². The second kappa shape index (κ2) is 5.76. The fraction of sp³-hybridized carbons (Fsp3) is 0.500. The predicted octanol–water partition coefficient (Wildman–Crippen LogP) is 2.15. The highest BCUT2D eigenvalue weighted by Crippen LogP contribution is 2.32. The minimum absolute atomic E-state index is 0.245. The molecule has 1 aliphatic carbocycles. The number of anilines is 1. The zero-order valence-electron chi connectivity index (χ0n) is 10.7. The first-order chi connectivity index (χ1) is 8.65. The quantitative estimate of drug-likeness (QED) is 0.810. The summed E-state index contributed by atoms with van der Waals surface area (Å²) in [5, 5.41) is 3.47. The number of carbonyl (C=O) groups excluding carboxylic acids is 1. The summed E-state index contributed by atoms with van der Waals surface area (Å²) in [4.78, 5) is 10.7. The summed E-state index contributed by atoms with van der Waals surface area (Å²) in [7, 11) is 0. The number of ether oxygens (including phenoxy) is 1. The summed E-state index contributed by atoms with van der Waals surface area (Å²) < 4.78 is 5.58. The van der Waals surface area contributed by atoms with Crippen molar-refractivity contribution in [1.29, 1.82) is 0 Å². The number of hydrogen-bond donors (Lipinski definition) is 2. The van der Waals surface area contributed by atoms with Crippen molar-refractivity contribution < 1.29 is 9.53 Å². The first-order valence-corrected chi connectivity index (χ1v) is 6.42. The molecule has 1 amide bonds. The average molecular weight is 248 g/mol. The van der Waals surface area contributed by atoms with E-state index in [0.29, 0.717) is 12.6 Å². The van der Waals surface area contributed by atoms with Crippen LogP contribution in [0, 0.1) is 5.92 Å². The number of benzene rings is 1. The molecule has 18 heavy (non-hydrogen) atoms. The molecule has 98 valence electrons. The summed E-state index contributed by atoms with van der Waals surface area (Å²) in [6, 6.07) is 8.36. The Morgan fingerprint density at radius 2 is 2.17 bits per heavy atom. The van der Waals surface area contributed by atoms with E-state index in [1.165, 1.54) is 12.8 Å². The van der Waals surface area contributed by atoms with E-state index in [9.17, 15) is 4.79 Å². The number of carbonyl (C=O) groups is 1. The van der Waals surface area contributed by atoms with Gasteiger partial charge in [-0.1, -0.05) is 19.1 Å². The topological polar surface area (TPSA) is 64.3 Å². The molecular formula is C14H20N2O2. The van der Waals surface area contributed by atoms with E-state index in [2.05, 4.69) is 12.2 Å². The summed E-state index contributed by atoms with van der Waals surface area (Å²) in [6.45, 7) is 2.59. The lowest BCUT2D eigenvalue weighted by atomic mass is 9.82. The zero-order valence-corrected chi connectivity index (χ0v) is 10.7. The Labute approximate surface area is 108 Å². The minimum atomic E-state index is -0.340. The van der Waals surface area contributed by atoms with Crippen molar-refractivity contribution in [2.45, 2.75) is 32.2 Å². The van der Waals surface area contributed by atoms with Crippen LogP contribution in [0.25, 0.3) is 0 Å². The smallest absolute Gasteiger partial charge is 0.220 e. The maximum absolute atomic E-state index is 10.7. The molecule has 0 saturated heterocycles. The van der Waals surface area contributed by atoms with Gasteiger partial charge in [-0.3, -0.25) is 4.79 Å². The molecule has 1 aromatic rings. The van der Waals surface area contributed by atoms with Gasteiger partial charge in [-0.2, -0.15) is 0 Å². The number of amides is 1. The van der Waals surface area contributed by atoms with Crippen molar-refractivity contribution in [1.82, 2.24) is 0 Å². The molecule has 0 unspecified atom stereocenters. The van der Waals surface area contributed by atoms with Crippen molar-refractivity contribution in [3.63, 3.8) is 0 Å². The van der Waals surface area contributed by atoms with Crippen molar-refractivity contribution in [2.24, 2.45) is 11.7 Å². The van der Waals surface area contributed by atoms with Crippen LogP contribution in [0.3, 0.4) is 0 Å². The molecule has 4 nitrogen and oxygen atoms in total. The largest absolute Gasteiger partial charge is 0.491 e. The van der Waals surface area contributed by atoms with Crippen molar-refractivity contribution in [2.75, 3.05) is 11.9 Å². The molecule has 2 rings (SSSR count). The van der Waals surface area contributed by atoms with Crippen LogP contribution >= 0.6 is 0 Å². The van der Waals surface area contributed by atoms with E-state index in [0.717, 1.165) is 17.4 Å². The lowest BCUT2D eigenvalue weighted by Gasteiger charge is -2.34. The first kappa shape index (κ1) is 12.7. The van der Waals surface area contributed by atoms with Gasteiger partial charge in [0.1, 0.15) is 5.75 Å². The van der Waals surface area contributed by atoms with Crippen molar-refractivity contribution >= 4 is 11.6 Å². The van der Waals surface area contributed by atoms with Crippen LogP contribution in [0.1, 0.15) is 26.2 Å². The second-order valence-electron chi connectivity index (χ2n) is 4.98. The maximum Gasteiger partial charge on any atom is 0.220 e. The second-order valence-corrected chi connectivity index (χ2v) is 4.98. The highest BCUT2D eigenvalue weighted by molar-refractivity contribution is 5.73. The van der Waals surface area contributed by atoms with Gasteiger partial charge in [-0.25, -0.2) is 0 Å². The number of rotatable bonds is 6. The highest BCUT2D eigenvalue weighted by atomic mass is 16.5. The van der Waals surface area contributed by atoms with Crippen molar-refractivity contribution in [3.8, 4) is 5.75 Å². The number of para-hydroxylation sites is 2. The Balaban J connectivity index is 1.90. The highest BCUT2D eigenvalue weighted by Gasteiger charge is 2.25. The van der Waals surface area contributed by atoms with Crippen LogP contribution in [0.5, 0.6) is 5.75 Å². The van der Waals surface area contributed by atoms with Gasteiger partial charge in [0, 0.05) is 6.04 Å². The number of nitrogens with two attached hydrogens (primary N) is 1. The van der Waals surface area contributed by atoms with Crippen LogP contribution < -0.4 is 15.8 Å². The molecule has 1 aliphatic rings. The van der Waals surface area contributed by atoms with Gasteiger partial charge in [-0.05, 0) is 30.9 Å². The number of primary amides is 1. The Morgan fingerprint density at radius 1 is 1.44 bits per heavy atom. The lowest BCUT2D eigenvalue weighted by Crippen LogP contribution is -2.33. The van der Waals surface area contributed by atoms with Gasteiger partial charge in [0.25, 0.3) is 0 Å². The predicted molar refractivity (Wildman–Crippen MR) is 71.6 cm³/mol. The van der Waals surface area contributed by atoms with E-state index in [4.69, 9.17) is 10.5 Å². The Bertz CT molecular complexity index is 414. The van der Waals surface area contributed by atoms with Crippen molar-refractivity contribution in [3.05, 3.63) is 24.3 Å². The summed E-state index contributed by atoms with van der Waals surface area (Å²) in [6.07, 6.45) is 2.65. The first-order valence-electron chi connectivity index (χ1n) is 6.42. The van der Waals surface area contributed by atoms with Gasteiger partial charge in [0.2, 0.25) is 5.91 Å². The van der Waals surface area contributed by atoms with E-state index in [1.54, 1.807) is 0 Å². The third-order valence-electron chi connectivity index (χ3n) is 3.23.